The van der Waals surface area contributed by atoms with Crippen LogP contribution in [0.25, 0.3) is 0 Å². The van der Waals surface area contributed by atoms with Gasteiger partial charge < -0.3 is 15.4 Å². The summed E-state index contributed by atoms with van der Waals surface area (Å²) in [6, 6.07) is 0.230. The average molecular weight is 254 g/mol. The van der Waals surface area contributed by atoms with Crippen molar-refractivity contribution in [3.05, 3.63) is 0 Å². The number of ether oxygens (including phenoxy) is 1. The van der Waals surface area contributed by atoms with Crippen molar-refractivity contribution < 1.29 is 9.53 Å². The molecule has 1 saturated carbocycles. The summed E-state index contributed by atoms with van der Waals surface area (Å²) in [5, 5.41) is 0. The second-order valence-electron chi connectivity index (χ2n) is 6.16. The van der Waals surface area contributed by atoms with E-state index in [9.17, 15) is 4.79 Å². The van der Waals surface area contributed by atoms with E-state index in [1.807, 2.05) is 11.8 Å². The van der Waals surface area contributed by atoms with E-state index in [0.717, 1.165) is 19.3 Å². The third kappa shape index (κ3) is 2.28. The van der Waals surface area contributed by atoms with E-state index in [-0.39, 0.29) is 23.5 Å². The summed E-state index contributed by atoms with van der Waals surface area (Å²) in [5.74, 6) is 0.904. The number of carbonyl (C=O) groups is 1. The summed E-state index contributed by atoms with van der Waals surface area (Å²) in [7, 11) is 0. The van der Waals surface area contributed by atoms with Gasteiger partial charge in [0, 0.05) is 13.1 Å². The Morgan fingerprint density at radius 2 is 2.11 bits per heavy atom. The Bertz CT molecular complexity index is 313. The molecule has 0 aromatic heterocycles. The predicted octanol–water partition coefficient (Wildman–Crippen LogP) is 1.39. The fourth-order valence-electron chi connectivity index (χ4n) is 3.44. The highest BCUT2D eigenvalue weighted by atomic mass is 16.5. The maximum atomic E-state index is 12.8. The van der Waals surface area contributed by atoms with Crippen LogP contribution in [0.2, 0.25) is 0 Å². The van der Waals surface area contributed by atoms with Crippen molar-refractivity contribution in [3.8, 4) is 0 Å². The van der Waals surface area contributed by atoms with Gasteiger partial charge in [-0.3, -0.25) is 4.79 Å². The molecule has 0 aromatic carbocycles. The minimum absolute atomic E-state index is 0.143. The van der Waals surface area contributed by atoms with Crippen LogP contribution in [0.5, 0.6) is 0 Å². The molecular weight excluding hydrogens is 228 g/mol. The molecule has 2 N–H and O–H groups in total. The van der Waals surface area contributed by atoms with Crippen molar-refractivity contribution in [2.24, 2.45) is 17.1 Å². The standard InChI is InChI=1S/C14H26N2O2/c1-4-12-8-18-11(3)7-16(12)13(17)14(9-15)5-10(2)6-14/h10-12H,4-9,15H2,1-3H3. The lowest BCUT2D eigenvalue weighted by Crippen LogP contribution is -2.60. The quantitative estimate of drug-likeness (QED) is 0.828. The lowest BCUT2D eigenvalue weighted by atomic mass is 9.61. The Morgan fingerprint density at radius 1 is 1.44 bits per heavy atom. The van der Waals surface area contributed by atoms with Crippen LogP contribution in [0.15, 0.2) is 0 Å². The van der Waals surface area contributed by atoms with Gasteiger partial charge in [0.05, 0.1) is 24.2 Å². The summed E-state index contributed by atoms with van der Waals surface area (Å²) in [6.07, 6.45) is 2.99. The van der Waals surface area contributed by atoms with Gasteiger partial charge in [-0.2, -0.15) is 0 Å². The summed E-state index contributed by atoms with van der Waals surface area (Å²) in [4.78, 5) is 14.8. The first kappa shape index (κ1) is 13.8. The fraction of sp³-hybridized carbons (Fsp3) is 0.929. The SMILES string of the molecule is CCC1COC(C)CN1C(=O)C1(CN)CC(C)C1. The van der Waals surface area contributed by atoms with Gasteiger partial charge in [-0.25, -0.2) is 0 Å². The Hall–Kier alpha value is -0.610. The van der Waals surface area contributed by atoms with Crippen LogP contribution in [-0.4, -0.2) is 42.6 Å². The topological polar surface area (TPSA) is 55.6 Å². The Kier molecular flexibility index (Phi) is 3.97. The van der Waals surface area contributed by atoms with E-state index < -0.39 is 0 Å². The minimum atomic E-state index is -0.274. The zero-order chi connectivity index (χ0) is 13.3. The number of hydrogen-bond donors (Lipinski definition) is 1. The Balaban J connectivity index is 2.10. The van der Waals surface area contributed by atoms with Gasteiger partial charge in [-0.05, 0) is 32.1 Å². The second kappa shape index (κ2) is 5.17. The molecule has 0 spiro atoms. The highest BCUT2D eigenvalue weighted by Crippen LogP contribution is 2.46. The minimum Gasteiger partial charge on any atom is -0.375 e. The van der Waals surface area contributed by atoms with Gasteiger partial charge >= 0.3 is 0 Å². The van der Waals surface area contributed by atoms with Crippen LogP contribution in [0.1, 0.15) is 40.0 Å². The van der Waals surface area contributed by atoms with Crippen LogP contribution in [0.4, 0.5) is 0 Å². The molecule has 0 aromatic rings. The number of nitrogens with zero attached hydrogens (tertiary/aromatic N) is 1. The monoisotopic (exact) mass is 254 g/mol. The molecule has 4 heteroatoms. The predicted molar refractivity (Wildman–Crippen MR) is 71.1 cm³/mol. The summed E-state index contributed by atoms with van der Waals surface area (Å²) >= 11 is 0. The second-order valence-corrected chi connectivity index (χ2v) is 6.16. The van der Waals surface area contributed by atoms with Gasteiger partial charge in [0.1, 0.15) is 0 Å². The molecule has 2 aliphatic rings. The molecule has 2 rings (SSSR count). The van der Waals surface area contributed by atoms with Crippen molar-refractivity contribution in [1.29, 1.82) is 0 Å². The average Bonchev–Trinajstić information content (AvgIpc) is 2.33. The number of nitrogens with two attached hydrogens (primary N) is 1. The number of amides is 1. The van der Waals surface area contributed by atoms with E-state index in [0.29, 0.717) is 25.6 Å². The van der Waals surface area contributed by atoms with Crippen LogP contribution >= 0.6 is 0 Å². The Labute approximate surface area is 110 Å². The number of rotatable bonds is 3. The van der Waals surface area contributed by atoms with Crippen molar-refractivity contribution >= 4 is 5.91 Å². The zero-order valence-electron chi connectivity index (χ0n) is 11.8. The number of hydrogen-bond acceptors (Lipinski definition) is 3. The number of morpholine rings is 1. The first-order valence-corrected chi connectivity index (χ1v) is 7.15. The van der Waals surface area contributed by atoms with Crippen LogP contribution in [-0.2, 0) is 9.53 Å². The molecule has 2 unspecified atom stereocenters. The van der Waals surface area contributed by atoms with Crippen LogP contribution in [0, 0.1) is 11.3 Å². The van der Waals surface area contributed by atoms with Crippen molar-refractivity contribution in [2.75, 3.05) is 19.7 Å². The third-order valence-electron chi connectivity index (χ3n) is 4.52. The highest BCUT2D eigenvalue weighted by molar-refractivity contribution is 5.84. The van der Waals surface area contributed by atoms with Gasteiger partial charge in [0.25, 0.3) is 0 Å². The maximum Gasteiger partial charge on any atom is 0.230 e. The number of carbonyl (C=O) groups excluding carboxylic acids is 1. The summed E-state index contributed by atoms with van der Waals surface area (Å²) < 4.78 is 5.66. The largest absolute Gasteiger partial charge is 0.375 e. The molecule has 4 nitrogen and oxygen atoms in total. The molecule has 1 aliphatic heterocycles. The van der Waals surface area contributed by atoms with E-state index >= 15 is 0 Å². The molecule has 1 heterocycles. The molecule has 1 saturated heterocycles. The normalized spacial score (nSPS) is 40.4. The maximum absolute atomic E-state index is 12.8. The molecule has 1 amide bonds. The molecule has 104 valence electrons. The zero-order valence-corrected chi connectivity index (χ0v) is 11.8. The first-order valence-electron chi connectivity index (χ1n) is 7.15. The van der Waals surface area contributed by atoms with E-state index in [2.05, 4.69) is 13.8 Å². The smallest absolute Gasteiger partial charge is 0.230 e. The molecule has 2 fully saturated rings. The van der Waals surface area contributed by atoms with Crippen LogP contribution < -0.4 is 5.73 Å². The van der Waals surface area contributed by atoms with E-state index in [1.54, 1.807) is 0 Å². The molecule has 0 radical (unpaired) electrons. The van der Waals surface area contributed by atoms with Gasteiger partial charge in [-0.15, -0.1) is 0 Å². The molecule has 0 bridgehead atoms. The highest BCUT2D eigenvalue weighted by Gasteiger charge is 2.50. The lowest BCUT2D eigenvalue weighted by molar-refractivity contribution is -0.162. The molecular formula is C14H26N2O2. The van der Waals surface area contributed by atoms with Gasteiger partial charge in [0.15, 0.2) is 0 Å². The molecule has 1 aliphatic carbocycles. The van der Waals surface area contributed by atoms with E-state index in [1.165, 1.54) is 0 Å². The van der Waals surface area contributed by atoms with Crippen LogP contribution in [0.3, 0.4) is 0 Å². The van der Waals surface area contributed by atoms with E-state index in [4.69, 9.17) is 10.5 Å². The lowest BCUT2D eigenvalue weighted by Gasteiger charge is -2.50. The molecule has 18 heavy (non-hydrogen) atoms. The van der Waals surface area contributed by atoms with Gasteiger partial charge in [0.2, 0.25) is 5.91 Å². The molecule has 2 atom stereocenters. The fourth-order valence-corrected chi connectivity index (χ4v) is 3.44. The van der Waals surface area contributed by atoms with Crippen molar-refractivity contribution in [1.82, 2.24) is 4.90 Å². The van der Waals surface area contributed by atoms with Crippen molar-refractivity contribution in [2.45, 2.75) is 52.2 Å². The third-order valence-corrected chi connectivity index (χ3v) is 4.52. The summed E-state index contributed by atoms with van der Waals surface area (Å²) in [6.45, 7) is 8.21. The Morgan fingerprint density at radius 3 is 2.61 bits per heavy atom. The summed E-state index contributed by atoms with van der Waals surface area (Å²) in [5.41, 5.74) is 5.61. The first-order chi connectivity index (χ1) is 8.52. The van der Waals surface area contributed by atoms with Crippen molar-refractivity contribution in [3.63, 3.8) is 0 Å². The van der Waals surface area contributed by atoms with Gasteiger partial charge in [-0.1, -0.05) is 13.8 Å².